The van der Waals surface area contributed by atoms with Gasteiger partial charge in [-0.2, -0.15) is 4.98 Å². The number of thiophene rings is 1. The Balaban J connectivity index is 1.86. The predicted octanol–water partition coefficient (Wildman–Crippen LogP) is 5.37. The molecule has 0 spiro atoms. The molecule has 4 nitrogen and oxygen atoms in total. The van der Waals surface area contributed by atoms with Gasteiger partial charge in [0.1, 0.15) is 16.4 Å². The highest BCUT2D eigenvalue weighted by Crippen LogP contribution is 2.40. The summed E-state index contributed by atoms with van der Waals surface area (Å²) >= 11 is 7.93. The van der Waals surface area contributed by atoms with Crippen LogP contribution in [0.15, 0.2) is 24.3 Å². The molecule has 0 unspecified atom stereocenters. The fourth-order valence-corrected chi connectivity index (χ4v) is 4.75. The van der Waals surface area contributed by atoms with E-state index in [2.05, 4.69) is 15.3 Å². The molecule has 0 aliphatic heterocycles. The molecule has 124 valence electrons. The molecule has 0 amide bonds. The summed E-state index contributed by atoms with van der Waals surface area (Å²) in [7, 11) is 1.67. The van der Waals surface area contributed by atoms with E-state index in [1.165, 1.54) is 29.7 Å². The molecular weight excluding hydrogens is 342 g/mol. The summed E-state index contributed by atoms with van der Waals surface area (Å²) in [4.78, 5) is 11.3. The fourth-order valence-electron chi connectivity index (χ4n) is 3.27. The second-order valence-corrected chi connectivity index (χ2v) is 7.33. The molecule has 1 N–H and O–H groups in total. The summed E-state index contributed by atoms with van der Waals surface area (Å²) in [5, 5.41) is 4.80. The largest absolute Gasteiger partial charge is 0.495 e. The van der Waals surface area contributed by atoms with Crippen LogP contribution in [0.5, 0.6) is 5.75 Å². The van der Waals surface area contributed by atoms with Crippen LogP contribution in [0, 0.1) is 0 Å². The van der Waals surface area contributed by atoms with Gasteiger partial charge in [0.25, 0.3) is 0 Å². The Kier molecular flexibility index (Phi) is 4.29. The van der Waals surface area contributed by atoms with Gasteiger partial charge in [0.2, 0.25) is 5.28 Å². The average Bonchev–Trinajstić information content (AvgIpc) is 2.76. The number of benzene rings is 1. The van der Waals surface area contributed by atoms with Crippen LogP contribution in [0.2, 0.25) is 5.28 Å². The Labute approximate surface area is 149 Å². The third-order valence-corrected chi connectivity index (χ3v) is 5.75. The van der Waals surface area contributed by atoms with E-state index >= 15 is 0 Å². The number of aryl methyl sites for hydroxylation is 2. The first kappa shape index (κ1) is 15.7. The minimum atomic E-state index is 0.274. The Bertz CT molecular complexity index is 893. The van der Waals surface area contributed by atoms with Crippen molar-refractivity contribution < 1.29 is 4.74 Å². The van der Waals surface area contributed by atoms with E-state index in [9.17, 15) is 0 Å². The first-order valence-corrected chi connectivity index (χ1v) is 9.33. The molecule has 0 saturated carbocycles. The topological polar surface area (TPSA) is 47.0 Å². The molecule has 4 rings (SSSR count). The normalized spacial score (nSPS) is 14.2. The number of nitrogens with zero attached hydrogens (tertiary/aromatic N) is 2. The number of rotatable bonds is 3. The van der Waals surface area contributed by atoms with Crippen LogP contribution in [0.1, 0.15) is 29.7 Å². The van der Waals surface area contributed by atoms with Crippen molar-refractivity contribution in [3.05, 3.63) is 40.0 Å². The number of fused-ring (bicyclic) bond motifs is 3. The third kappa shape index (κ3) is 2.82. The Morgan fingerprint density at radius 3 is 2.83 bits per heavy atom. The summed E-state index contributed by atoms with van der Waals surface area (Å²) in [6, 6.07) is 7.82. The smallest absolute Gasteiger partial charge is 0.225 e. The van der Waals surface area contributed by atoms with Gasteiger partial charge in [0.05, 0.1) is 18.2 Å². The van der Waals surface area contributed by atoms with E-state index in [0.717, 1.165) is 40.3 Å². The Hall–Kier alpha value is -1.85. The summed E-state index contributed by atoms with van der Waals surface area (Å²) in [5.41, 5.74) is 2.27. The lowest BCUT2D eigenvalue weighted by molar-refractivity contribution is 0.417. The van der Waals surface area contributed by atoms with Crippen molar-refractivity contribution in [3.8, 4) is 5.75 Å². The van der Waals surface area contributed by atoms with Gasteiger partial charge in [0, 0.05) is 4.88 Å². The summed E-state index contributed by atoms with van der Waals surface area (Å²) in [6.45, 7) is 0. The standard InChI is InChI=1S/C18H18ClN3OS/c1-23-13-9-6-5-8-12(13)20-16-15-11-7-3-2-4-10-14(11)24-17(15)22-18(19)21-16/h5-6,8-9H,2-4,7,10H2,1H3,(H,20,21,22). The summed E-state index contributed by atoms with van der Waals surface area (Å²) < 4.78 is 5.44. The van der Waals surface area contributed by atoms with Gasteiger partial charge in [-0.05, 0) is 55.0 Å². The first-order chi connectivity index (χ1) is 11.8. The predicted molar refractivity (Wildman–Crippen MR) is 100.0 cm³/mol. The van der Waals surface area contributed by atoms with E-state index in [-0.39, 0.29) is 5.28 Å². The molecule has 3 aromatic rings. The van der Waals surface area contributed by atoms with E-state index in [1.54, 1.807) is 18.4 Å². The van der Waals surface area contributed by atoms with Crippen LogP contribution in [-0.2, 0) is 12.8 Å². The Morgan fingerprint density at radius 1 is 1.12 bits per heavy atom. The first-order valence-electron chi connectivity index (χ1n) is 8.14. The van der Waals surface area contributed by atoms with Gasteiger partial charge in [0.15, 0.2) is 0 Å². The summed E-state index contributed by atoms with van der Waals surface area (Å²) in [6.07, 6.45) is 5.96. The number of hydrogen-bond acceptors (Lipinski definition) is 5. The number of halogens is 1. The monoisotopic (exact) mass is 359 g/mol. The van der Waals surface area contributed by atoms with E-state index in [1.807, 2.05) is 24.3 Å². The molecule has 2 aromatic heterocycles. The number of ether oxygens (including phenoxy) is 1. The zero-order valence-corrected chi connectivity index (χ0v) is 15.0. The van der Waals surface area contributed by atoms with Gasteiger partial charge in [-0.1, -0.05) is 18.6 Å². The van der Waals surface area contributed by atoms with Crippen LogP contribution in [0.3, 0.4) is 0 Å². The van der Waals surface area contributed by atoms with Crippen molar-refractivity contribution in [2.45, 2.75) is 32.1 Å². The maximum Gasteiger partial charge on any atom is 0.225 e. The lowest BCUT2D eigenvalue weighted by atomic mass is 10.1. The molecule has 1 aliphatic carbocycles. The highest BCUT2D eigenvalue weighted by molar-refractivity contribution is 7.19. The van der Waals surface area contributed by atoms with Crippen LogP contribution >= 0.6 is 22.9 Å². The van der Waals surface area contributed by atoms with E-state index in [0.29, 0.717) is 0 Å². The van der Waals surface area contributed by atoms with Crippen molar-refractivity contribution >= 4 is 44.7 Å². The molecule has 6 heteroatoms. The van der Waals surface area contributed by atoms with Crippen molar-refractivity contribution in [2.24, 2.45) is 0 Å². The van der Waals surface area contributed by atoms with Crippen molar-refractivity contribution in [1.82, 2.24) is 9.97 Å². The van der Waals surface area contributed by atoms with Crippen LogP contribution in [0.4, 0.5) is 11.5 Å². The molecule has 0 radical (unpaired) electrons. The van der Waals surface area contributed by atoms with Gasteiger partial charge >= 0.3 is 0 Å². The number of para-hydroxylation sites is 2. The number of nitrogens with one attached hydrogen (secondary N) is 1. The molecule has 2 heterocycles. The molecule has 0 fully saturated rings. The molecule has 0 bridgehead atoms. The summed E-state index contributed by atoms with van der Waals surface area (Å²) in [5.74, 6) is 1.55. The third-order valence-electron chi connectivity index (χ3n) is 4.40. The van der Waals surface area contributed by atoms with Crippen LogP contribution < -0.4 is 10.1 Å². The highest BCUT2D eigenvalue weighted by Gasteiger charge is 2.20. The fraction of sp³-hybridized carbons (Fsp3) is 0.333. The highest BCUT2D eigenvalue weighted by atomic mass is 35.5. The lowest BCUT2D eigenvalue weighted by Crippen LogP contribution is -1.99. The van der Waals surface area contributed by atoms with Gasteiger partial charge in [-0.3, -0.25) is 0 Å². The maximum absolute atomic E-state index is 6.17. The average molecular weight is 360 g/mol. The van der Waals surface area contributed by atoms with Crippen molar-refractivity contribution in [1.29, 1.82) is 0 Å². The number of anilines is 2. The maximum atomic E-state index is 6.17. The second kappa shape index (κ2) is 6.57. The second-order valence-electron chi connectivity index (χ2n) is 5.91. The molecule has 0 atom stereocenters. The van der Waals surface area contributed by atoms with Gasteiger partial charge in [-0.25, -0.2) is 4.98 Å². The molecule has 0 saturated heterocycles. The number of methoxy groups -OCH3 is 1. The van der Waals surface area contributed by atoms with Crippen LogP contribution in [-0.4, -0.2) is 17.1 Å². The number of hydrogen-bond donors (Lipinski definition) is 1. The minimum Gasteiger partial charge on any atom is -0.495 e. The van der Waals surface area contributed by atoms with Gasteiger partial charge in [-0.15, -0.1) is 11.3 Å². The lowest BCUT2D eigenvalue weighted by Gasteiger charge is -2.12. The van der Waals surface area contributed by atoms with Crippen molar-refractivity contribution in [3.63, 3.8) is 0 Å². The Morgan fingerprint density at radius 2 is 1.96 bits per heavy atom. The zero-order chi connectivity index (χ0) is 16.5. The quantitative estimate of drug-likeness (QED) is 0.504. The molecule has 1 aromatic carbocycles. The van der Waals surface area contributed by atoms with Gasteiger partial charge < -0.3 is 10.1 Å². The van der Waals surface area contributed by atoms with Crippen molar-refractivity contribution in [2.75, 3.05) is 12.4 Å². The minimum absolute atomic E-state index is 0.274. The van der Waals surface area contributed by atoms with E-state index < -0.39 is 0 Å². The molecular formula is C18H18ClN3OS. The zero-order valence-electron chi connectivity index (χ0n) is 13.4. The molecule has 24 heavy (non-hydrogen) atoms. The van der Waals surface area contributed by atoms with Crippen LogP contribution in [0.25, 0.3) is 10.2 Å². The molecule has 1 aliphatic rings. The SMILES string of the molecule is COc1ccccc1Nc1nc(Cl)nc2sc3c(c12)CCCCC3. The number of aromatic nitrogens is 2. The van der Waals surface area contributed by atoms with E-state index in [4.69, 9.17) is 16.3 Å².